The third-order valence-electron chi connectivity index (χ3n) is 8.46. The highest BCUT2D eigenvalue weighted by Crippen LogP contribution is 2.41. The standard InChI is InChI=1S/C32H35FN6O5/c1-21-28(33)29(44-31(21,20-40)19-35-38-34)39-18-17-27(36-30(39)41)37-32(22-7-5-4-6-8-22,23-9-13-25(42-2)14-10-23)24-11-15-26(43-3)16-12-24/h4-18,21,27-29,37,40H,19-20H2,1-3H3,(H,36,41)/t21-,27?,28+,29+,31+/m0/s1. The Kier molecular flexibility index (Phi) is 9.07. The average molecular weight is 603 g/mol. The first kappa shape index (κ1) is 30.8. The van der Waals surface area contributed by atoms with Crippen molar-refractivity contribution in [1.82, 2.24) is 15.5 Å². The van der Waals surface area contributed by atoms with E-state index < -0.39 is 48.3 Å². The number of hydrogen-bond acceptors (Lipinski definition) is 7. The maximum absolute atomic E-state index is 15.5. The number of amides is 2. The minimum Gasteiger partial charge on any atom is -0.497 e. The Labute approximate surface area is 254 Å². The van der Waals surface area contributed by atoms with Gasteiger partial charge in [-0.15, -0.1) is 0 Å². The number of ether oxygens (including phenoxy) is 3. The lowest BCUT2D eigenvalue weighted by Crippen LogP contribution is -2.60. The maximum Gasteiger partial charge on any atom is 0.325 e. The number of halogens is 1. The largest absolute Gasteiger partial charge is 0.497 e. The molecule has 2 amide bonds. The molecule has 230 valence electrons. The van der Waals surface area contributed by atoms with Gasteiger partial charge >= 0.3 is 6.03 Å². The van der Waals surface area contributed by atoms with Gasteiger partial charge < -0.3 is 24.6 Å². The molecule has 3 aromatic rings. The molecule has 44 heavy (non-hydrogen) atoms. The van der Waals surface area contributed by atoms with Crippen LogP contribution in [0.25, 0.3) is 10.4 Å². The van der Waals surface area contributed by atoms with Crippen molar-refractivity contribution in [1.29, 1.82) is 0 Å². The number of carbonyl (C=O) groups is 1. The highest BCUT2D eigenvalue weighted by molar-refractivity contribution is 5.77. The summed E-state index contributed by atoms with van der Waals surface area (Å²) in [6.07, 6.45) is -0.493. The Morgan fingerprint density at radius 1 is 1.05 bits per heavy atom. The number of methoxy groups -OCH3 is 2. The highest BCUT2D eigenvalue weighted by atomic mass is 19.1. The minimum absolute atomic E-state index is 0.273. The van der Waals surface area contributed by atoms with E-state index in [1.54, 1.807) is 27.2 Å². The fourth-order valence-electron chi connectivity index (χ4n) is 5.86. The van der Waals surface area contributed by atoms with E-state index in [0.29, 0.717) is 11.5 Å². The van der Waals surface area contributed by atoms with Crippen LogP contribution in [-0.2, 0) is 10.3 Å². The number of nitrogens with one attached hydrogen (secondary N) is 2. The van der Waals surface area contributed by atoms with Gasteiger partial charge in [-0.2, -0.15) is 0 Å². The van der Waals surface area contributed by atoms with Crippen molar-refractivity contribution in [2.45, 2.75) is 36.6 Å². The lowest BCUT2D eigenvalue weighted by molar-refractivity contribution is -0.113. The smallest absolute Gasteiger partial charge is 0.325 e. The van der Waals surface area contributed by atoms with Gasteiger partial charge in [-0.25, -0.2) is 9.18 Å². The molecule has 0 saturated carbocycles. The number of aliphatic hydroxyl groups excluding tert-OH is 1. The van der Waals surface area contributed by atoms with E-state index in [4.69, 9.17) is 19.7 Å². The predicted octanol–water partition coefficient (Wildman–Crippen LogP) is 4.82. The molecule has 0 bridgehead atoms. The lowest BCUT2D eigenvalue weighted by Gasteiger charge is -2.41. The van der Waals surface area contributed by atoms with Crippen LogP contribution in [0, 0.1) is 5.92 Å². The molecule has 2 aliphatic rings. The Bertz CT molecular complexity index is 1470. The van der Waals surface area contributed by atoms with Crippen molar-refractivity contribution in [2.24, 2.45) is 11.0 Å². The predicted molar refractivity (Wildman–Crippen MR) is 162 cm³/mol. The Morgan fingerprint density at radius 3 is 2.11 bits per heavy atom. The van der Waals surface area contributed by atoms with E-state index in [0.717, 1.165) is 21.6 Å². The molecule has 0 aliphatic carbocycles. The third-order valence-corrected chi connectivity index (χ3v) is 8.46. The van der Waals surface area contributed by atoms with Gasteiger partial charge in [-0.1, -0.05) is 66.6 Å². The normalized spacial score (nSPS) is 24.8. The summed E-state index contributed by atoms with van der Waals surface area (Å²) in [5.74, 6) is 0.548. The fourth-order valence-corrected chi connectivity index (χ4v) is 5.86. The van der Waals surface area contributed by atoms with Crippen LogP contribution in [0.5, 0.6) is 11.5 Å². The molecule has 12 heteroatoms. The van der Waals surface area contributed by atoms with E-state index in [1.807, 2.05) is 78.9 Å². The van der Waals surface area contributed by atoms with Gasteiger partial charge in [0.05, 0.1) is 32.9 Å². The van der Waals surface area contributed by atoms with Crippen LogP contribution in [-0.4, -0.2) is 67.6 Å². The Morgan fingerprint density at radius 2 is 1.61 bits per heavy atom. The maximum atomic E-state index is 15.5. The number of nitrogens with zero attached hydrogens (tertiary/aromatic N) is 4. The molecule has 3 aromatic carbocycles. The number of rotatable bonds is 11. The zero-order valence-electron chi connectivity index (χ0n) is 24.6. The van der Waals surface area contributed by atoms with Gasteiger partial charge in [0.1, 0.15) is 23.3 Å². The summed E-state index contributed by atoms with van der Waals surface area (Å²) < 4.78 is 32.3. The Balaban J connectivity index is 1.53. The summed E-state index contributed by atoms with van der Waals surface area (Å²) in [4.78, 5) is 17.4. The van der Waals surface area contributed by atoms with Crippen molar-refractivity contribution >= 4 is 6.03 Å². The summed E-state index contributed by atoms with van der Waals surface area (Å²) >= 11 is 0. The second-order valence-electron chi connectivity index (χ2n) is 10.7. The van der Waals surface area contributed by atoms with Crippen LogP contribution in [0.4, 0.5) is 9.18 Å². The van der Waals surface area contributed by atoms with Crippen LogP contribution < -0.4 is 20.1 Å². The van der Waals surface area contributed by atoms with Gasteiger partial charge in [0.15, 0.2) is 12.4 Å². The molecule has 2 heterocycles. The first-order valence-electron chi connectivity index (χ1n) is 14.1. The Hall–Kier alpha value is -4.61. The number of hydrogen-bond donors (Lipinski definition) is 3. The topological polar surface area (TPSA) is 141 Å². The molecule has 11 nitrogen and oxygen atoms in total. The van der Waals surface area contributed by atoms with Crippen LogP contribution in [0.15, 0.2) is 96.3 Å². The first-order valence-corrected chi connectivity index (χ1v) is 14.1. The summed E-state index contributed by atoms with van der Waals surface area (Å²) in [6.45, 7) is 0.711. The van der Waals surface area contributed by atoms with Crippen molar-refractivity contribution in [3.05, 3.63) is 118 Å². The summed E-state index contributed by atoms with van der Waals surface area (Å²) in [6, 6.07) is 24.6. The van der Waals surface area contributed by atoms with Crippen LogP contribution in [0.2, 0.25) is 0 Å². The van der Waals surface area contributed by atoms with Crippen LogP contribution in [0.1, 0.15) is 23.6 Å². The van der Waals surface area contributed by atoms with E-state index in [2.05, 4.69) is 20.7 Å². The lowest BCUT2D eigenvalue weighted by atomic mass is 9.76. The number of alkyl halides is 1. The minimum atomic E-state index is -1.64. The molecule has 1 fully saturated rings. The zero-order valence-corrected chi connectivity index (χ0v) is 24.6. The van der Waals surface area contributed by atoms with Crippen LogP contribution >= 0.6 is 0 Å². The molecule has 5 rings (SSSR count). The van der Waals surface area contributed by atoms with Crippen molar-refractivity contribution in [3.63, 3.8) is 0 Å². The summed E-state index contributed by atoms with van der Waals surface area (Å²) in [7, 11) is 3.21. The molecule has 1 unspecified atom stereocenters. The van der Waals surface area contributed by atoms with Crippen LogP contribution in [0.3, 0.4) is 0 Å². The first-order chi connectivity index (χ1) is 21.3. The van der Waals surface area contributed by atoms with E-state index in [9.17, 15) is 9.90 Å². The van der Waals surface area contributed by atoms with Gasteiger partial charge in [-0.05, 0) is 52.6 Å². The molecule has 2 aliphatic heterocycles. The molecular weight excluding hydrogens is 567 g/mol. The van der Waals surface area contributed by atoms with E-state index in [1.165, 1.54) is 6.20 Å². The molecule has 0 spiro atoms. The van der Waals surface area contributed by atoms with Crippen molar-refractivity contribution < 1.29 is 28.5 Å². The SMILES string of the molecule is COc1ccc(C(NC2C=CN([C@@H]3O[C@@](CO)(CN=[N+]=[N-])[C@@H](C)[C@H]3F)C(=O)N2)(c2ccccc2)c2ccc(OC)cc2)cc1. The number of aliphatic hydroxyl groups is 1. The van der Waals surface area contributed by atoms with Gasteiger partial charge in [0.25, 0.3) is 0 Å². The third kappa shape index (κ3) is 5.56. The second-order valence-corrected chi connectivity index (χ2v) is 10.7. The molecule has 0 radical (unpaired) electrons. The van der Waals surface area contributed by atoms with Crippen molar-refractivity contribution in [2.75, 3.05) is 27.4 Å². The zero-order chi connectivity index (χ0) is 31.3. The average Bonchev–Trinajstić information content (AvgIpc) is 3.32. The fraction of sp³-hybridized carbons (Fsp3) is 0.344. The molecule has 1 saturated heterocycles. The number of benzene rings is 3. The molecule has 5 atom stereocenters. The number of azide groups is 1. The van der Waals surface area contributed by atoms with Gasteiger partial charge in [0.2, 0.25) is 0 Å². The van der Waals surface area contributed by atoms with Gasteiger partial charge in [0, 0.05) is 17.0 Å². The summed E-state index contributed by atoms with van der Waals surface area (Å²) in [5, 5.41) is 20.1. The van der Waals surface area contributed by atoms with E-state index >= 15 is 4.39 Å². The second kappa shape index (κ2) is 12.9. The molecule has 0 aromatic heterocycles. The number of carbonyl (C=O) groups excluding carboxylic acids is 1. The highest BCUT2D eigenvalue weighted by Gasteiger charge is 2.55. The number of urea groups is 1. The molecule has 3 N–H and O–H groups in total. The quantitative estimate of drug-likeness (QED) is 0.124. The van der Waals surface area contributed by atoms with Gasteiger partial charge in [-0.3, -0.25) is 10.2 Å². The molecular formula is C32H35FN6O5. The van der Waals surface area contributed by atoms with Crippen molar-refractivity contribution in [3.8, 4) is 11.5 Å². The van der Waals surface area contributed by atoms with E-state index in [-0.39, 0.29) is 6.54 Å². The monoisotopic (exact) mass is 602 g/mol. The summed E-state index contributed by atoms with van der Waals surface area (Å²) in [5.41, 5.74) is 9.03.